The van der Waals surface area contributed by atoms with Crippen LogP contribution in [0.4, 0.5) is 0 Å². The number of benzene rings is 6. The number of rotatable bonds is 4. The van der Waals surface area contributed by atoms with E-state index in [1.807, 2.05) is 84.9 Å². The van der Waals surface area contributed by atoms with Crippen LogP contribution in [0, 0.1) is 0 Å². The molecule has 44 heavy (non-hydrogen) atoms. The van der Waals surface area contributed by atoms with Crippen molar-refractivity contribution < 1.29 is 8.83 Å². The Morgan fingerprint density at radius 2 is 0.795 bits per heavy atom. The minimum absolute atomic E-state index is 0.584. The van der Waals surface area contributed by atoms with E-state index in [4.69, 9.17) is 23.8 Å². The minimum Gasteiger partial charge on any atom is -0.456 e. The number of hydrogen-bond donors (Lipinski definition) is 0. The topological polar surface area (TPSA) is 65.0 Å². The van der Waals surface area contributed by atoms with Crippen molar-refractivity contribution in [2.75, 3.05) is 0 Å². The summed E-state index contributed by atoms with van der Waals surface area (Å²) in [5.74, 6) is 1.82. The van der Waals surface area contributed by atoms with Gasteiger partial charge in [-0.2, -0.15) is 0 Å². The number of furan rings is 2. The van der Waals surface area contributed by atoms with Crippen molar-refractivity contribution in [2.45, 2.75) is 0 Å². The Morgan fingerprint density at radius 3 is 1.52 bits per heavy atom. The maximum absolute atomic E-state index is 6.42. The Bertz CT molecular complexity index is 2500. The predicted octanol–water partition coefficient (Wildman–Crippen LogP) is 10.3. The first-order valence-electron chi connectivity index (χ1n) is 14.5. The van der Waals surface area contributed by atoms with Gasteiger partial charge in [0.1, 0.15) is 22.3 Å². The van der Waals surface area contributed by atoms with Gasteiger partial charge in [-0.05, 0) is 47.5 Å². The molecule has 0 N–H and O–H groups in total. The van der Waals surface area contributed by atoms with Crippen molar-refractivity contribution in [3.8, 4) is 45.3 Å². The summed E-state index contributed by atoms with van der Waals surface area (Å²) in [5.41, 5.74) is 8.25. The van der Waals surface area contributed by atoms with Crippen LogP contribution >= 0.6 is 0 Å². The summed E-state index contributed by atoms with van der Waals surface area (Å²) in [6, 6.07) is 47.0. The molecule has 5 heteroatoms. The molecule has 9 aromatic rings. The van der Waals surface area contributed by atoms with Crippen LogP contribution in [0.1, 0.15) is 0 Å². The summed E-state index contributed by atoms with van der Waals surface area (Å²) in [6.07, 6.45) is 0. The van der Waals surface area contributed by atoms with Gasteiger partial charge in [-0.15, -0.1) is 0 Å². The highest BCUT2D eigenvalue weighted by molar-refractivity contribution is 6.15. The van der Waals surface area contributed by atoms with E-state index in [2.05, 4.69) is 54.6 Å². The lowest BCUT2D eigenvalue weighted by atomic mass is 10.0. The molecule has 0 radical (unpaired) electrons. The molecule has 0 spiro atoms. The van der Waals surface area contributed by atoms with E-state index in [1.165, 1.54) is 0 Å². The molecule has 0 fully saturated rings. The molecule has 0 aliphatic heterocycles. The Kier molecular flexibility index (Phi) is 5.43. The molecule has 0 unspecified atom stereocenters. The average Bonchev–Trinajstić information content (AvgIpc) is 3.64. The molecule has 6 aromatic carbocycles. The molecule has 0 aliphatic rings. The molecule has 5 nitrogen and oxygen atoms in total. The normalized spacial score (nSPS) is 11.6. The standard InChI is InChI=1S/C39H23N3O2/c1-3-10-24(11-4-1)26-14-9-15-27(20-26)38-40-37(25-12-5-2-6-13-25)41-39(42-38)28-18-19-30-32-23-35-31(22-36(32)44-34(30)21-28)29-16-7-8-17-33(29)43-35/h1-23H. The van der Waals surface area contributed by atoms with Crippen molar-refractivity contribution in [1.29, 1.82) is 0 Å². The molecule has 9 rings (SSSR count). The summed E-state index contributed by atoms with van der Waals surface area (Å²) in [7, 11) is 0. The van der Waals surface area contributed by atoms with Crippen LogP contribution in [0.15, 0.2) is 148 Å². The molecule has 0 aliphatic carbocycles. The fraction of sp³-hybridized carbons (Fsp3) is 0. The van der Waals surface area contributed by atoms with Gasteiger partial charge in [-0.1, -0.05) is 103 Å². The van der Waals surface area contributed by atoms with Gasteiger partial charge in [0.2, 0.25) is 0 Å². The van der Waals surface area contributed by atoms with Gasteiger partial charge < -0.3 is 8.83 Å². The molecule has 3 aromatic heterocycles. The van der Waals surface area contributed by atoms with Crippen LogP contribution < -0.4 is 0 Å². The summed E-state index contributed by atoms with van der Waals surface area (Å²) < 4.78 is 12.6. The summed E-state index contributed by atoms with van der Waals surface area (Å²) in [4.78, 5) is 14.8. The lowest BCUT2D eigenvalue weighted by Gasteiger charge is -2.09. The number of hydrogen-bond acceptors (Lipinski definition) is 5. The Morgan fingerprint density at radius 1 is 0.295 bits per heavy atom. The fourth-order valence-corrected chi connectivity index (χ4v) is 5.95. The zero-order chi connectivity index (χ0) is 29.0. The Labute approximate surface area is 252 Å². The largest absolute Gasteiger partial charge is 0.456 e. The van der Waals surface area contributed by atoms with E-state index in [0.717, 1.165) is 71.7 Å². The molecule has 206 valence electrons. The predicted molar refractivity (Wildman–Crippen MR) is 176 cm³/mol. The molecule has 0 saturated carbocycles. The third kappa shape index (κ3) is 4.06. The van der Waals surface area contributed by atoms with Crippen LogP contribution in [-0.4, -0.2) is 15.0 Å². The molecule has 0 saturated heterocycles. The highest BCUT2D eigenvalue weighted by atomic mass is 16.3. The number of fused-ring (bicyclic) bond motifs is 6. The highest BCUT2D eigenvalue weighted by Crippen LogP contribution is 2.38. The SMILES string of the molecule is c1ccc(-c2cccc(-c3nc(-c4ccccc4)nc(-c4ccc5c(c4)oc4cc6c(cc45)oc4ccccc46)n3)c2)cc1. The van der Waals surface area contributed by atoms with E-state index in [0.29, 0.717) is 17.5 Å². The molecular weight excluding hydrogens is 542 g/mol. The zero-order valence-electron chi connectivity index (χ0n) is 23.4. The second-order valence-corrected chi connectivity index (χ2v) is 10.9. The van der Waals surface area contributed by atoms with Crippen LogP contribution in [0.2, 0.25) is 0 Å². The molecule has 0 atom stereocenters. The third-order valence-corrected chi connectivity index (χ3v) is 8.12. The smallest absolute Gasteiger partial charge is 0.164 e. The van der Waals surface area contributed by atoms with Gasteiger partial charge in [0.25, 0.3) is 0 Å². The maximum Gasteiger partial charge on any atom is 0.164 e. The van der Waals surface area contributed by atoms with Crippen LogP contribution in [0.3, 0.4) is 0 Å². The third-order valence-electron chi connectivity index (χ3n) is 8.12. The van der Waals surface area contributed by atoms with Crippen molar-refractivity contribution in [3.05, 3.63) is 140 Å². The maximum atomic E-state index is 6.42. The quantitative estimate of drug-likeness (QED) is 0.212. The van der Waals surface area contributed by atoms with Gasteiger partial charge in [0, 0.05) is 38.2 Å². The summed E-state index contributed by atoms with van der Waals surface area (Å²) >= 11 is 0. The molecule has 0 bridgehead atoms. The van der Waals surface area contributed by atoms with E-state index < -0.39 is 0 Å². The summed E-state index contributed by atoms with van der Waals surface area (Å²) in [5, 5.41) is 4.14. The van der Waals surface area contributed by atoms with Crippen molar-refractivity contribution in [2.24, 2.45) is 0 Å². The lowest BCUT2D eigenvalue weighted by molar-refractivity contribution is 0.664. The second-order valence-electron chi connectivity index (χ2n) is 10.9. The van der Waals surface area contributed by atoms with Crippen LogP contribution in [0.25, 0.3) is 89.2 Å². The van der Waals surface area contributed by atoms with E-state index >= 15 is 0 Å². The van der Waals surface area contributed by atoms with Gasteiger partial charge >= 0.3 is 0 Å². The first-order chi connectivity index (χ1) is 21.8. The van der Waals surface area contributed by atoms with Crippen LogP contribution in [-0.2, 0) is 0 Å². The first kappa shape index (κ1) is 24.5. The van der Waals surface area contributed by atoms with Crippen molar-refractivity contribution in [3.63, 3.8) is 0 Å². The Hall–Kier alpha value is -6.07. The average molecular weight is 566 g/mol. The lowest BCUT2D eigenvalue weighted by Crippen LogP contribution is -2.00. The number of nitrogens with zero attached hydrogens (tertiary/aromatic N) is 3. The zero-order valence-corrected chi connectivity index (χ0v) is 23.4. The summed E-state index contributed by atoms with van der Waals surface area (Å²) in [6.45, 7) is 0. The van der Waals surface area contributed by atoms with Crippen molar-refractivity contribution in [1.82, 2.24) is 15.0 Å². The molecule has 0 amide bonds. The van der Waals surface area contributed by atoms with Crippen molar-refractivity contribution >= 4 is 43.9 Å². The number of para-hydroxylation sites is 1. The van der Waals surface area contributed by atoms with Gasteiger partial charge in [0.15, 0.2) is 17.5 Å². The fourth-order valence-electron chi connectivity index (χ4n) is 5.95. The first-order valence-corrected chi connectivity index (χ1v) is 14.5. The van der Waals surface area contributed by atoms with Gasteiger partial charge in [-0.25, -0.2) is 15.0 Å². The van der Waals surface area contributed by atoms with E-state index in [1.54, 1.807) is 0 Å². The van der Waals surface area contributed by atoms with E-state index in [9.17, 15) is 0 Å². The number of aromatic nitrogens is 3. The minimum atomic E-state index is 0.584. The molecular formula is C39H23N3O2. The van der Waals surface area contributed by atoms with Gasteiger partial charge in [0.05, 0.1) is 0 Å². The highest BCUT2D eigenvalue weighted by Gasteiger charge is 2.17. The second kappa shape index (κ2) is 9.75. The van der Waals surface area contributed by atoms with E-state index in [-0.39, 0.29) is 0 Å². The van der Waals surface area contributed by atoms with Gasteiger partial charge in [-0.3, -0.25) is 0 Å². The van der Waals surface area contributed by atoms with Crippen LogP contribution in [0.5, 0.6) is 0 Å². The monoisotopic (exact) mass is 565 g/mol. The molecule has 3 heterocycles. The Balaban J connectivity index is 1.20.